The molecule has 0 spiro atoms. The number of thiazole rings is 1. The van der Waals surface area contributed by atoms with Crippen LogP contribution in [-0.2, 0) is 11.2 Å². The first-order chi connectivity index (χ1) is 7.79. The highest BCUT2D eigenvalue weighted by Crippen LogP contribution is 2.22. The lowest BCUT2D eigenvalue weighted by Crippen LogP contribution is -2.21. The van der Waals surface area contributed by atoms with Crippen LogP contribution < -0.4 is 0 Å². The molecule has 0 aromatic carbocycles. The highest BCUT2D eigenvalue weighted by atomic mass is 32.1. The van der Waals surface area contributed by atoms with Crippen LogP contribution in [0.1, 0.15) is 42.8 Å². The molecule has 2 unspecified atom stereocenters. The average molecular weight is 241 g/mol. The van der Waals surface area contributed by atoms with Crippen LogP contribution in [-0.4, -0.2) is 29.4 Å². The van der Waals surface area contributed by atoms with Crippen LogP contribution in [0.15, 0.2) is 5.38 Å². The first kappa shape index (κ1) is 12.0. The third-order valence-corrected chi connectivity index (χ3v) is 3.91. The fourth-order valence-corrected chi connectivity index (χ4v) is 2.88. The first-order valence-electron chi connectivity index (χ1n) is 5.96. The van der Waals surface area contributed by atoms with Gasteiger partial charge in [-0.1, -0.05) is 6.92 Å². The Morgan fingerprint density at radius 1 is 1.62 bits per heavy atom. The maximum absolute atomic E-state index is 9.06. The van der Waals surface area contributed by atoms with Crippen LogP contribution in [0, 0.1) is 0 Å². The lowest BCUT2D eigenvalue weighted by Gasteiger charge is -2.21. The SMILES string of the molecule is CC(CO)c1csc(CC2CCCCO2)n1. The summed E-state index contributed by atoms with van der Waals surface area (Å²) in [4.78, 5) is 4.55. The fourth-order valence-electron chi connectivity index (χ4n) is 1.90. The van der Waals surface area contributed by atoms with Crippen LogP contribution in [0.4, 0.5) is 0 Å². The molecule has 2 atom stereocenters. The number of aromatic nitrogens is 1. The molecule has 1 aliphatic rings. The Balaban J connectivity index is 1.91. The van der Waals surface area contributed by atoms with E-state index >= 15 is 0 Å². The van der Waals surface area contributed by atoms with Crippen molar-refractivity contribution >= 4 is 11.3 Å². The normalized spacial score (nSPS) is 23.2. The molecule has 0 bridgehead atoms. The molecule has 1 fully saturated rings. The summed E-state index contributed by atoms with van der Waals surface area (Å²) in [7, 11) is 0. The van der Waals surface area contributed by atoms with E-state index in [1.54, 1.807) is 11.3 Å². The molecule has 0 amide bonds. The van der Waals surface area contributed by atoms with E-state index in [1.807, 2.05) is 6.92 Å². The van der Waals surface area contributed by atoms with Crippen molar-refractivity contribution in [3.05, 3.63) is 16.1 Å². The van der Waals surface area contributed by atoms with Gasteiger partial charge >= 0.3 is 0 Å². The lowest BCUT2D eigenvalue weighted by molar-refractivity contribution is 0.0167. The van der Waals surface area contributed by atoms with E-state index in [2.05, 4.69) is 10.4 Å². The largest absolute Gasteiger partial charge is 0.396 e. The zero-order valence-electron chi connectivity index (χ0n) is 9.69. The van der Waals surface area contributed by atoms with Crippen molar-refractivity contribution in [1.82, 2.24) is 4.98 Å². The van der Waals surface area contributed by atoms with Gasteiger partial charge in [-0.2, -0.15) is 0 Å². The lowest BCUT2D eigenvalue weighted by atomic mass is 10.1. The molecule has 2 heterocycles. The van der Waals surface area contributed by atoms with Crippen molar-refractivity contribution in [3.8, 4) is 0 Å². The fraction of sp³-hybridized carbons (Fsp3) is 0.750. The van der Waals surface area contributed by atoms with Crippen molar-refractivity contribution in [3.63, 3.8) is 0 Å². The van der Waals surface area contributed by atoms with Crippen molar-refractivity contribution in [1.29, 1.82) is 0 Å². The summed E-state index contributed by atoms with van der Waals surface area (Å²) in [5, 5.41) is 12.3. The standard InChI is InChI=1S/C12H19NO2S/c1-9(7-14)11-8-16-12(13-11)6-10-4-2-3-5-15-10/h8-10,14H,2-7H2,1H3. The van der Waals surface area contributed by atoms with E-state index in [1.165, 1.54) is 12.8 Å². The number of rotatable bonds is 4. The second-order valence-corrected chi connectivity index (χ2v) is 5.39. The molecule has 1 aromatic rings. The topological polar surface area (TPSA) is 42.4 Å². The van der Waals surface area contributed by atoms with Crippen molar-refractivity contribution in [2.75, 3.05) is 13.2 Å². The number of hydrogen-bond acceptors (Lipinski definition) is 4. The average Bonchev–Trinajstić information content (AvgIpc) is 2.78. The van der Waals surface area contributed by atoms with Crippen LogP contribution in [0.25, 0.3) is 0 Å². The summed E-state index contributed by atoms with van der Waals surface area (Å²) in [6.45, 7) is 3.06. The zero-order chi connectivity index (χ0) is 11.4. The van der Waals surface area contributed by atoms with Gasteiger partial charge in [-0.05, 0) is 19.3 Å². The number of aliphatic hydroxyl groups is 1. The summed E-state index contributed by atoms with van der Waals surface area (Å²) in [5.74, 6) is 0.150. The van der Waals surface area contributed by atoms with Gasteiger partial charge in [0.25, 0.3) is 0 Å². The van der Waals surface area contributed by atoms with Crippen molar-refractivity contribution < 1.29 is 9.84 Å². The molecule has 4 heteroatoms. The Kier molecular flexibility index (Phi) is 4.32. The predicted octanol–water partition coefficient (Wildman–Crippen LogP) is 2.35. The second-order valence-electron chi connectivity index (χ2n) is 4.44. The van der Waals surface area contributed by atoms with Crippen molar-refractivity contribution in [2.45, 2.75) is 44.6 Å². The molecule has 0 saturated carbocycles. The van der Waals surface area contributed by atoms with E-state index < -0.39 is 0 Å². The molecule has 1 saturated heterocycles. The van der Waals surface area contributed by atoms with E-state index in [0.717, 1.165) is 30.2 Å². The minimum atomic E-state index is 0.150. The Hall–Kier alpha value is -0.450. The maximum atomic E-state index is 9.06. The molecule has 2 rings (SSSR count). The van der Waals surface area contributed by atoms with Crippen LogP contribution in [0.2, 0.25) is 0 Å². The second kappa shape index (κ2) is 5.75. The Morgan fingerprint density at radius 2 is 2.50 bits per heavy atom. The molecule has 16 heavy (non-hydrogen) atoms. The molecule has 1 N–H and O–H groups in total. The predicted molar refractivity (Wildman–Crippen MR) is 64.9 cm³/mol. The van der Waals surface area contributed by atoms with Gasteiger partial charge in [0.05, 0.1) is 23.4 Å². The van der Waals surface area contributed by atoms with Crippen LogP contribution >= 0.6 is 11.3 Å². The van der Waals surface area contributed by atoms with E-state index in [0.29, 0.717) is 6.10 Å². The van der Waals surface area contributed by atoms with Crippen LogP contribution in [0.5, 0.6) is 0 Å². The third kappa shape index (κ3) is 3.03. The zero-order valence-corrected chi connectivity index (χ0v) is 10.5. The summed E-state index contributed by atoms with van der Waals surface area (Å²) >= 11 is 1.68. The minimum Gasteiger partial charge on any atom is -0.396 e. The monoisotopic (exact) mass is 241 g/mol. The highest BCUT2D eigenvalue weighted by Gasteiger charge is 2.17. The van der Waals surface area contributed by atoms with Crippen molar-refractivity contribution in [2.24, 2.45) is 0 Å². The Bertz CT molecular complexity index is 321. The molecule has 0 aliphatic carbocycles. The van der Waals surface area contributed by atoms with E-state index in [9.17, 15) is 0 Å². The van der Waals surface area contributed by atoms with Gasteiger partial charge in [-0.25, -0.2) is 4.98 Å². The third-order valence-electron chi connectivity index (χ3n) is 3.02. The number of nitrogens with zero attached hydrogens (tertiary/aromatic N) is 1. The van der Waals surface area contributed by atoms with Gasteiger partial charge in [0.1, 0.15) is 0 Å². The molecular formula is C12H19NO2S. The van der Waals surface area contributed by atoms with Gasteiger partial charge in [0.15, 0.2) is 0 Å². The quantitative estimate of drug-likeness (QED) is 0.880. The maximum Gasteiger partial charge on any atom is 0.0954 e. The molecule has 90 valence electrons. The molecule has 3 nitrogen and oxygen atoms in total. The van der Waals surface area contributed by atoms with Gasteiger partial charge in [-0.15, -0.1) is 11.3 Å². The Labute approximate surface area is 100 Å². The first-order valence-corrected chi connectivity index (χ1v) is 6.84. The van der Waals surface area contributed by atoms with E-state index in [4.69, 9.17) is 9.84 Å². The summed E-state index contributed by atoms with van der Waals surface area (Å²) in [5.41, 5.74) is 1.01. The van der Waals surface area contributed by atoms with Gasteiger partial charge in [0, 0.05) is 24.3 Å². The van der Waals surface area contributed by atoms with Gasteiger partial charge < -0.3 is 9.84 Å². The molecule has 1 aromatic heterocycles. The van der Waals surface area contributed by atoms with E-state index in [-0.39, 0.29) is 12.5 Å². The number of aliphatic hydroxyl groups excluding tert-OH is 1. The minimum absolute atomic E-state index is 0.150. The molecular weight excluding hydrogens is 222 g/mol. The van der Waals surface area contributed by atoms with Gasteiger partial charge in [-0.3, -0.25) is 0 Å². The Morgan fingerprint density at radius 3 is 3.19 bits per heavy atom. The summed E-state index contributed by atoms with van der Waals surface area (Å²) < 4.78 is 5.70. The molecule has 0 radical (unpaired) electrons. The smallest absolute Gasteiger partial charge is 0.0954 e. The number of ether oxygens (including phenoxy) is 1. The number of hydrogen-bond donors (Lipinski definition) is 1. The van der Waals surface area contributed by atoms with Crippen LogP contribution in [0.3, 0.4) is 0 Å². The van der Waals surface area contributed by atoms with Gasteiger partial charge in [0.2, 0.25) is 0 Å². The summed E-state index contributed by atoms with van der Waals surface area (Å²) in [6.07, 6.45) is 4.92. The highest BCUT2D eigenvalue weighted by molar-refractivity contribution is 7.09. The summed E-state index contributed by atoms with van der Waals surface area (Å²) in [6, 6.07) is 0. The molecule has 1 aliphatic heterocycles.